The van der Waals surface area contributed by atoms with Crippen LogP contribution in [0, 0.1) is 0 Å². The van der Waals surface area contributed by atoms with Gasteiger partial charge in [-0.25, -0.2) is 0 Å². The molecule has 0 amide bonds. The second-order valence-electron chi connectivity index (χ2n) is 6.93. The van der Waals surface area contributed by atoms with E-state index in [1.165, 1.54) is 16.6 Å². The maximum Gasteiger partial charge on any atom is 0.101 e. The monoisotopic (exact) mass is 355 g/mol. The van der Waals surface area contributed by atoms with Gasteiger partial charge in [0.15, 0.2) is 0 Å². The first-order chi connectivity index (χ1) is 13.3. The standard InChI is InChI=1S/C22H21N5/c1-2-11-26-12-13-27-20(15-26)21(17-5-8-23-9-6-17)22(25-27)18-4-3-16-7-10-24-19(16)14-18/h2-10,14,24H,1,11-13,15H2. The van der Waals surface area contributed by atoms with Crippen molar-refractivity contribution < 1.29 is 0 Å². The Kier molecular flexibility index (Phi) is 3.87. The van der Waals surface area contributed by atoms with E-state index in [0.29, 0.717) is 0 Å². The Morgan fingerprint density at radius 2 is 1.96 bits per heavy atom. The summed E-state index contributed by atoms with van der Waals surface area (Å²) < 4.78 is 2.17. The number of fused-ring (bicyclic) bond motifs is 2. The van der Waals surface area contributed by atoms with Crippen LogP contribution in [0.5, 0.6) is 0 Å². The quantitative estimate of drug-likeness (QED) is 0.561. The third-order valence-corrected chi connectivity index (χ3v) is 5.24. The number of pyridine rings is 1. The summed E-state index contributed by atoms with van der Waals surface area (Å²) >= 11 is 0. The lowest BCUT2D eigenvalue weighted by atomic mass is 9.98. The molecule has 0 atom stereocenters. The van der Waals surface area contributed by atoms with Crippen LogP contribution in [0.4, 0.5) is 0 Å². The van der Waals surface area contributed by atoms with Crippen molar-refractivity contribution in [3.8, 4) is 22.4 Å². The molecule has 5 heteroatoms. The largest absolute Gasteiger partial charge is 0.361 e. The van der Waals surface area contributed by atoms with Crippen molar-refractivity contribution in [1.29, 1.82) is 0 Å². The summed E-state index contributed by atoms with van der Waals surface area (Å²) in [6, 6.07) is 12.7. The highest BCUT2D eigenvalue weighted by Gasteiger charge is 2.25. The van der Waals surface area contributed by atoms with E-state index in [9.17, 15) is 0 Å². The van der Waals surface area contributed by atoms with Gasteiger partial charge in [-0.3, -0.25) is 14.6 Å². The molecule has 1 N–H and O–H groups in total. The van der Waals surface area contributed by atoms with Crippen molar-refractivity contribution in [3.05, 3.63) is 73.3 Å². The second-order valence-corrected chi connectivity index (χ2v) is 6.93. The van der Waals surface area contributed by atoms with E-state index in [1.807, 2.05) is 24.7 Å². The number of H-pyrrole nitrogens is 1. The Morgan fingerprint density at radius 3 is 2.81 bits per heavy atom. The average molecular weight is 355 g/mol. The zero-order valence-corrected chi connectivity index (χ0v) is 15.1. The molecule has 0 spiro atoms. The zero-order valence-electron chi connectivity index (χ0n) is 15.1. The number of aromatic nitrogens is 4. The lowest BCUT2D eigenvalue weighted by Gasteiger charge is -2.27. The van der Waals surface area contributed by atoms with Gasteiger partial charge in [0.1, 0.15) is 5.69 Å². The van der Waals surface area contributed by atoms with Crippen LogP contribution >= 0.6 is 0 Å². The number of rotatable bonds is 4. The SMILES string of the molecule is C=CCN1CCn2nc(-c3ccc4cc[nH]c4c3)c(-c3ccncc3)c2C1. The van der Waals surface area contributed by atoms with Crippen molar-refractivity contribution in [1.82, 2.24) is 24.6 Å². The molecule has 4 heterocycles. The van der Waals surface area contributed by atoms with E-state index in [1.54, 1.807) is 0 Å². The van der Waals surface area contributed by atoms with Crippen molar-refractivity contribution in [3.63, 3.8) is 0 Å². The first kappa shape index (κ1) is 16.0. The Balaban J connectivity index is 1.70. The van der Waals surface area contributed by atoms with Crippen molar-refractivity contribution >= 4 is 10.9 Å². The molecule has 0 saturated heterocycles. The van der Waals surface area contributed by atoms with Crippen LogP contribution in [-0.2, 0) is 13.1 Å². The molecule has 134 valence electrons. The summed E-state index contributed by atoms with van der Waals surface area (Å²) in [7, 11) is 0. The number of aromatic amines is 1. The summed E-state index contributed by atoms with van der Waals surface area (Å²) in [5.41, 5.74) is 6.93. The van der Waals surface area contributed by atoms with Crippen LogP contribution < -0.4 is 0 Å². The molecule has 5 rings (SSSR count). The second kappa shape index (κ2) is 6.52. The molecule has 0 radical (unpaired) electrons. The van der Waals surface area contributed by atoms with Gasteiger partial charge >= 0.3 is 0 Å². The predicted molar refractivity (Wildman–Crippen MR) is 108 cm³/mol. The molecule has 27 heavy (non-hydrogen) atoms. The summed E-state index contributed by atoms with van der Waals surface area (Å²) in [6.45, 7) is 7.55. The minimum absolute atomic E-state index is 0.876. The van der Waals surface area contributed by atoms with Crippen LogP contribution in [0.2, 0.25) is 0 Å². The summed E-state index contributed by atoms with van der Waals surface area (Å²) in [4.78, 5) is 9.91. The Morgan fingerprint density at radius 1 is 1.07 bits per heavy atom. The maximum atomic E-state index is 5.01. The molecule has 3 aromatic heterocycles. The van der Waals surface area contributed by atoms with Crippen LogP contribution in [-0.4, -0.2) is 37.7 Å². The van der Waals surface area contributed by atoms with Gasteiger partial charge in [0, 0.05) is 54.9 Å². The predicted octanol–water partition coefficient (Wildman–Crippen LogP) is 4.10. The number of hydrogen-bond donors (Lipinski definition) is 1. The van der Waals surface area contributed by atoms with Crippen molar-refractivity contribution in [2.24, 2.45) is 0 Å². The zero-order chi connectivity index (χ0) is 18.2. The fraction of sp³-hybridized carbons (Fsp3) is 0.182. The topological polar surface area (TPSA) is 49.7 Å². The van der Waals surface area contributed by atoms with Gasteiger partial charge < -0.3 is 4.98 Å². The molecule has 4 aromatic rings. The number of hydrogen-bond acceptors (Lipinski definition) is 3. The van der Waals surface area contributed by atoms with E-state index in [0.717, 1.165) is 48.5 Å². The van der Waals surface area contributed by atoms with Gasteiger partial charge in [0.25, 0.3) is 0 Å². The smallest absolute Gasteiger partial charge is 0.101 e. The molecule has 1 aromatic carbocycles. The van der Waals surface area contributed by atoms with Gasteiger partial charge in [-0.05, 0) is 35.2 Å². The molecule has 1 aliphatic rings. The van der Waals surface area contributed by atoms with Crippen LogP contribution in [0.1, 0.15) is 5.69 Å². The molecule has 0 fully saturated rings. The third-order valence-electron chi connectivity index (χ3n) is 5.24. The van der Waals surface area contributed by atoms with E-state index >= 15 is 0 Å². The average Bonchev–Trinajstić information content (AvgIpc) is 3.32. The van der Waals surface area contributed by atoms with Crippen molar-refractivity contribution in [2.75, 3.05) is 13.1 Å². The van der Waals surface area contributed by atoms with Gasteiger partial charge in [0.2, 0.25) is 0 Å². The maximum absolute atomic E-state index is 5.01. The van der Waals surface area contributed by atoms with Crippen LogP contribution in [0.25, 0.3) is 33.3 Å². The summed E-state index contributed by atoms with van der Waals surface area (Å²) in [6.07, 6.45) is 7.64. The van der Waals surface area contributed by atoms with E-state index in [-0.39, 0.29) is 0 Å². The lowest BCUT2D eigenvalue weighted by Crippen LogP contribution is -2.34. The fourth-order valence-corrected chi connectivity index (χ4v) is 3.93. The molecule has 1 aliphatic heterocycles. The Hall–Kier alpha value is -3.18. The van der Waals surface area contributed by atoms with Gasteiger partial charge in [-0.15, -0.1) is 6.58 Å². The highest BCUT2D eigenvalue weighted by molar-refractivity contribution is 5.89. The Bertz CT molecular complexity index is 1110. The highest BCUT2D eigenvalue weighted by atomic mass is 15.3. The van der Waals surface area contributed by atoms with Crippen molar-refractivity contribution in [2.45, 2.75) is 13.1 Å². The molecule has 0 aliphatic carbocycles. The van der Waals surface area contributed by atoms with Gasteiger partial charge in [0.05, 0.1) is 12.2 Å². The first-order valence-electron chi connectivity index (χ1n) is 9.24. The third kappa shape index (κ3) is 2.76. The summed E-state index contributed by atoms with van der Waals surface area (Å²) in [5.74, 6) is 0. The van der Waals surface area contributed by atoms with Crippen LogP contribution in [0.3, 0.4) is 0 Å². The molecule has 0 bridgehead atoms. The molecule has 0 saturated carbocycles. The molecule has 5 nitrogen and oxygen atoms in total. The van der Waals surface area contributed by atoms with E-state index in [4.69, 9.17) is 5.10 Å². The summed E-state index contributed by atoms with van der Waals surface area (Å²) in [5, 5.41) is 6.23. The number of benzene rings is 1. The first-order valence-corrected chi connectivity index (χ1v) is 9.24. The highest BCUT2D eigenvalue weighted by Crippen LogP contribution is 2.37. The molecular weight excluding hydrogens is 334 g/mol. The van der Waals surface area contributed by atoms with E-state index < -0.39 is 0 Å². The van der Waals surface area contributed by atoms with Crippen LogP contribution in [0.15, 0.2) is 67.6 Å². The Labute approximate surface area is 158 Å². The minimum atomic E-state index is 0.876. The minimum Gasteiger partial charge on any atom is -0.361 e. The normalized spacial score (nSPS) is 14.4. The van der Waals surface area contributed by atoms with Gasteiger partial charge in [-0.2, -0.15) is 5.10 Å². The lowest BCUT2D eigenvalue weighted by molar-refractivity contribution is 0.235. The van der Waals surface area contributed by atoms with E-state index in [2.05, 4.69) is 62.5 Å². The molecular formula is C22H21N5. The fourth-order valence-electron chi connectivity index (χ4n) is 3.93. The number of nitrogens with zero attached hydrogens (tertiary/aromatic N) is 4. The molecule has 0 unspecified atom stereocenters. The number of nitrogens with one attached hydrogen (secondary N) is 1. The van der Waals surface area contributed by atoms with Gasteiger partial charge in [-0.1, -0.05) is 18.2 Å².